The number of hydrogen-bond donors (Lipinski definition) is 2. The Balaban J connectivity index is 2.01. The van der Waals surface area contributed by atoms with E-state index in [1.807, 2.05) is 6.07 Å². The molecule has 25 heavy (non-hydrogen) atoms. The maximum Gasteiger partial charge on any atom is 0.222 e. The molecule has 0 spiro atoms. The third kappa shape index (κ3) is 4.56. The lowest BCUT2D eigenvalue weighted by Gasteiger charge is -2.18. The summed E-state index contributed by atoms with van der Waals surface area (Å²) in [5.74, 6) is 0.690. The van der Waals surface area contributed by atoms with Crippen molar-refractivity contribution in [3.8, 4) is 23.0 Å². The molecule has 0 heterocycles. The number of phenolic OH excluding ortho intramolecular Hbond substituents is 2. The molecular weight excluding hydrogens is 322 g/mol. The first-order valence-electron chi connectivity index (χ1n) is 7.91. The molecule has 1 amide bonds. The zero-order valence-electron chi connectivity index (χ0n) is 14.7. The highest BCUT2D eigenvalue weighted by atomic mass is 16.5. The molecule has 0 fully saturated rings. The molecule has 2 rings (SSSR count). The van der Waals surface area contributed by atoms with Crippen LogP contribution >= 0.6 is 0 Å². The van der Waals surface area contributed by atoms with Crippen LogP contribution in [0.25, 0.3) is 0 Å². The van der Waals surface area contributed by atoms with E-state index < -0.39 is 0 Å². The van der Waals surface area contributed by atoms with Crippen LogP contribution in [0.1, 0.15) is 17.5 Å². The van der Waals surface area contributed by atoms with Gasteiger partial charge in [-0.3, -0.25) is 4.79 Å². The molecule has 0 atom stereocenters. The van der Waals surface area contributed by atoms with Crippen molar-refractivity contribution in [3.05, 3.63) is 47.5 Å². The molecule has 0 saturated carbocycles. The van der Waals surface area contributed by atoms with Crippen molar-refractivity contribution in [2.75, 3.05) is 21.3 Å². The third-order valence-electron chi connectivity index (χ3n) is 3.99. The number of amides is 1. The standard InChI is InChI=1S/C19H23NO5/c1-20(12-14-6-4-5-7-15(14)21)18(22)9-8-13-10-16(24-2)19(23)17(11-13)25-3/h4-7,10-11,21,23H,8-9,12H2,1-3H3. The lowest BCUT2D eigenvalue weighted by atomic mass is 10.1. The van der Waals surface area contributed by atoms with Crippen molar-refractivity contribution < 1.29 is 24.5 Å². The average Bonchev–Trinajstić information content (AvgIpc) is 2.62. The average molecular weight is 345 g/mol. The molecule has 6 heteroatoms. The van der Waals surface area contributed by atoms with Crippen LogP contribution in [-0.2, 0) is 17.8 Å². The summed E-state index contributed by atoms with van der Waals surface area (Å²) in [5.41, 5.74) is 1.53. The second-order valence-electron chi connectivity index (χ2n) is 5.73. The Morgan fingerprint density at radius 2 is 1.68 bits per heavy atom. The number of aromatic hydroxyl groups is 2. The molecule has 0 bridgehead atoms. The maximum absolute atomic E-state index is 12.3. The quantitative estimate of drug-likeness (QED) is 0.807. The Hall–Kier alpha value is -2.89. The molecule has 0 saturated heterocycles. The van der Waals surface area contributed by atoms with Gasteiger partial charge in [-0.2, -0.15) is 0 Å². The monoisotopic (exact) mass is 345 g/mol. The van der Waals surface area contributed by atoms with Gasteiger partial charge in [0.1, 0.15) is 5.75 Å². The number of rotatable bonds is 7. The van der Waals surface area contributed by atoms with Crippen LogP contribution < -0.4 is 9.47 Å². The molecule has 0 unspecified atom stereocenters. The predicted molar refractivity (Wildman–Crippen MR) is 94.1 cm³/mol. The van der Waals surface area contributed by atoms with Gasteiger partial charge in [-0.05, 0) is 30.2 Å². The Labute approximate surface area is 147 Å². The number of carbonyl (C=O) groups is 1. The van der Waals surface area contributed by atoms with Crippen LogP contribution in [0.5, 0.6) is 23.0 Å². The van der Waals surface area contributed by atoms with Crippen LogP contribution in [0.3, 0.4) is 0 Å². The van der Waals surface area contributed by atoms with Crippen LogP contribution in [0.2, 0.25) is 0 Å². The Morgan fingerprint density at radius 3 is 2.24 bits per heavy atom. The number of para-hydroxylation sites is 1. The fourth-order valence-corrected chi connectivity index (χ4v) is 2.52. The van der Waals surface area contributed by atoms with Gasteiger partial charge in [-0.15, -0.1) is 0 Å². The Kier molecular flexibility index (Phi) is 6.11. The first kappa shape index (κ1) is 18.4. The second kappa shape index (κ2) is 8.28. The molecule has 0 radical (unpaired) electrons. The van der Waals surface area contributed by atoms with Gasteiger partial charge in [0.05, 0.1) is 14.2 Å². The van der Waals surface area contributed by atoms with E-state index in [4.69, 9.17) is 9.47 Å². The van der Waals surface area contributed by atoms with E-state index in [2.05, 4.69) is 0 Å². The van der Waals surface area contributed by atoms with Crippen molar-refractivity contribution in [2.45, 2.75) is 19.4 Å². The molecule has 2 N–H and O–H groups in total. The highest BCUT2D eigenvalue weighted by molar-refractivity contribution is 5.76. The fourth-order valence-electron chi connectivity index (χ4n) is 2.52. The largest absolute Gasteiger partial charge is 0.508 e. The first-order chi connectivity index (χ1) is 12.0. The fraction of sp³-hybridized carbons (Fsp3) is 0.316. The molecule has 0 aliphatic heterocycles. The predicted octanol–water partition coefficient (Wildman–Crippen LogP) is 2.71. The summed E-state index contributed by atoms with van der Waals surface area (Å²) in [6.07, 6.45) is 0.776. The van der Waals surface area contributed by atoms with E-state index in [1.54, 1.807) is 42.3 Å². The molecule has 2 aromatic carbocycles. The number of carbonyl (C=O) groups excluding carboxylic acids is 1. The summed E-state index contributed by atoms with van der Waals surface area (Å²) in [5, 5.41) is 19.7. The van der Waals surface area contributed by atoms with Gasteiger partial charge in [0.25, 0.3) is 0 Å². The number of hydrogen-bond acceptors (Lipinski definition) is 5. The SMILES string of the molecule is COc1cc(CCC(=O)N(C)Cc2ccccc2O)cc(OC)c1O. The number of benzene rings is 2. The number of nitrogens with zero attached hydrogens (tertiary/aromatic N) is 1. The summed E-state index contributed by atoms with van der Waals surface area (Å²) in [4.78, 5) is 13.9. The summed E-state index contributed by atoms with van der Waals surface area (Å²) in [6.45, 7) is 0.341. The Bertz CT molecular complexity index is 719. The molecule has 0 aromatic heterocycles. The van der Waals surface area contributed by atoms with Gasteiger partial charge in [-0.1, -0.05) is 18.2 Å². The molecule has 0 aliphatic carbocycles. The van der Waals surface area contributed by atoms with Crippen molar-refractivity contribution in [3.63, 3.8) is 0 Å². The molecule has 2 aromatic rings. The first-order valence-corrected chi connectivity index (χ1v) is 7.91. The normalized spacial score (nSPS) is 10.4. The van der Waals surface area contributed by atoms with Crippen LogP contribution in [0.4, 0.5) is 0 Å². The van der Waals surface area contributed by atoms with Crippen molar-refractivity contribution in [2.24, 2.45) is 0 Å². The van der Waals surface area contributed by atoms with Gasteiger partial charge in [0, 0.05) is 25.6 Å². The van der Waals surface area contributed by atoms with E-state index in [0.717, 1.165) is 5.56 Å². The van der Waals surface area contributed by atoms with E-state index in [1.165, 1.54) is 14.2 Å². The zero-order valence-corrected chi connectivity index (χ0v) is 14.7. The molecule has 134 valence electrons. The number of ether oxygens (including phenoxy) is 2. The van der Waals surface area contributed by atoms with Gasteiger partial charge >= 0.3 is 0 Å². The topological polar surface area (TPSA) is 79.2 Å². The zero-order chi connectivity index (χ0) is 18.4. The summed E-state index contributed by atoms with van der Waals surface area (Å²) >= 11 is 0. The summed E-state index contributed by atoms with van der Waals surface area (Å²) in [7, 11) is 4.62. The molecule has 6 nitrogen and oxygen atoms in total. The molecular formula is C19H23NO5. The maximum atomic E-state index is 12.3. The smallest absolute Gasteiger partial charge is 0.222 e. The van der Waals surface area contributed by atoms with Crippen LogP contribution in [0, 0.1) is 0 Å². The summed E-state index contributed by atoms with van der Waals surface area (Å²) in [6, 6.07) is 10.3. The van der Waals surface area contributed by atoms with Crippen molar-refractivity contribution in [1.82, 2.24) is 4.90 Å². The highest BCUT2D eigenvalue weighted by Crippen LogP contribution is 2.37. The number of phenols is 2. The minimum atomic E-state index is -0.0586. The van der Waals surface area contributed by atoms with Gasteiger partial charge < -0.3 is 24.6 Å². The van der Waals surface area contributed by atoms with Gasteiger partial charge in [-0.25, -0.2) is 0 Å². The lowest BCUT2D eigenvalue weighted by molar-refractivity contribution is -0.130. The minimum Gasteiger partial charge on any atom is -0.508 e. The number of aryl methyl sites for hydroxylation is 1. The van der Waals surface area contributed by atoms with Crippen molar-refractivity contribution in [1.29, 1.82) is 0 Å². The van der Waals surface area contributed by atoms with E-state index in [-0.39, 0.29) is 17.4 Å². The van der Waals surface area contributed by atoms with Crippen molar-refractivity contribution >= 4 is 5.91 Å². The van der Waals surface area contributed by atoms with E-state index in [9.17, 15) is 15.0 Å². The highest BCUT2D eigenvalue weighted by Gasteiger charge is 2.14. The summed E-state index contributed by atoms with van der Waals surface area (Å²) < 4.78 is 10.2. The minimum absolute atomic E-state index is 0.0470. The van der Waals surface area contributed by atoms with Gasteiger partial charge in [0.15, 0.2) is 11.5 Å². The Morgan fingerprint density at radius 1 is 1.08 bits per heavy atom. The molecule has 0 aliphatic rings. The van der Waals surface area contributed by atoms with E-state index >= 15 is 0 Å². The third-order valence-corrected chi connectivity index (χ3v) is 3.99. The van der Waals surface area contributed by atoms with E-state index in [0.29, 0.717) is 36.4 Å². The van der Waals surface area contributed by atoms with Crippen LogP contribution in [0.15, 0.2) is 36.4 Å². The van der Waals surface area contributed by atoms with Crippen LogP contribution in [-0.4, -0.2) is 42.3 Å². The van der Waals surface area contributed by atoms with Gasteiger partial charge in [0.2, 0.25) is 11.7 Å². The number of methoxy groups -OCH3 is 2. The second-order valence-corrected chi connectivity index (χ2v) is 5.73. The lowest BCUT2D eigenvalue weighted by Crippen LogP contribution is -2.26.